The fourth-order valence-electron chi connectivity index (χ4n) is 16.9. The predicted molar refractivity (Wildman–Crippen MR) is 401 cm³/mol. The standard InChI is InChI=1S/C72H117N3O58/c1-17(85)73-33-20(88)4-70(66(110)111,131-54(33)37(97)23(91)8-76)128-31(15-83)40(100)55-34(74-18(2)86)21(89)5-72(132-55,68(114)115)133-58-47(107)62(119-32(16-84)53(58)122-60-35(75-19(3)87)41(101)38(98)29(13-81)117-60)124-56-44(104)48(24(92)9-77)120-63(45(56)105)125-57-46(106)64(121-50(26(94)11-79)59(57)126-61-43(103)42(102)39(99)30(14-82)118-61)123-52-28(7-69(116,65(108)109)129-51(52)27(95)12-80)127-71(67(112)113)6-22(90)36(96)49(130-71)25(93)10-78/h20-64,76-84,88-107,116H,4-16H2,1-3H3,(H,73,85)(H,74,86)(H,75,87)(H,108,109)(H,110,111)(H,112,113)(H,114,115)/t20-,21-,22+,23+,24?,25+,26-,27+,28+,29+,30+,31+,32+,33+,34+,35+,36+,37+,38-,39+,40+,41+,42-,43+,44+,45-,46-,47+,48+,49+,50+,51+,52+,53-,54+,55+,56-,57+,58+,59+,60-,61-,62-,63+,64+,69+,70+,71+,72-/m0/s1. The van der Waals surface area contributed by atoms with Crippen molar-refractivity contribution < 1.29 is 288 Å². The number of hydrogen-bond acceptors (Lipinski definition) is 54. The number of hydrogen-bond donors (Lipinski definition) is 37. The van der Waals surface area contributed by atoms with Crippen LogP contribution in [0.4, 0.5) is 0 Å². The lowest BCUT2D eigenvalue weighted by atomic mass is 9.87. The van der Waals surface area contributed by atoms with Crippen molar-refractivity contribution >= 4 is 41.6 Å². The molecule has 0 aromatic heterocycles. The summed E-state index contributed by atoms with van der Waals surface area (Å²) in [6.07, 6.45) is -114. The minimum atomic E-state index is -3.90. The second-order valence-corrected chi connectivity index (χ2v) is 33.1. The number of nitrogens with one attached hydrogen (secondary N) is 3. The molecule has 0 radical (unpaired) electrons. The number of ether oxygens (including phenoxy) is 17. The Balaban J connectivity index is 1.16. The Morgan fingerprint density at radius 1 is 0.331 bits per heavy atom. The second kappa shape index (κ2) is 46.2. The summed E-state index contributed by atoms with van der Waals surface area (Å²) in [6, 6.07) is -6.22. The summed E-state index contributed by atoms with van der Waals surface area (Å²) < 4.78 is 99.8. The molecule has 768 valence electrons. The highest BCUT2D eigenvalue weighted by atomic mass is 16.8. The van der Waals surface area contributed by atoms with Gasteiger partial charge in [0.15, 0.2) is 31.5 Å². The van der Waals surface area contributed by atoms with Crippen molar-refractivity contribution in [1.82, 2.24) is 16.0 Å². The topological polar surface area (TPSA) is 1000 Å². The monoisotopic (exact) mass is 1950 g/mol. The molecule has 3 amide bonds. The van der Waals surface area contributed by atoms with E-state index in [9.17, 15) is 207 Å². The van der Waals surface area contributed by atoms with Gasteiger partial charge in [0, 0.05) is 46.5 Å². The first-order chi connectivity index (χ1) is 62.3. The zero-order chi connectivity index (χ0) is 99.4. The Labute approximate surface area is 747 Å². The first-order valence-electron chi connectivity index (χ1n) is 41.2. The minimum absolute atomic E-state index is 0.767. The number of carbonyl (C=O) groups is 7. The van der Waals surface area contributed by atoms with Gasteiger partial charge in [-0.25, -0.2) is 19.2 Å². The molecule has 37 N–H and O–H groups in total. The van der Waals surface area contributed by atoms with Gasteiger partial charge >= 0.3 is 23.9 Å². The van der Waals surface area contributed by atoms with Crippen LogP contribution in [0.25, 0.3) is 0 Å². The van der Waals surface area contributed by atoms with E-state index in [0.29, 0.717) is 0 Å². The molecule has 61 heteroatoms. The van der Waals surface area contributed by atoms with E-state index in [1.165, 1.54) is 0 Å². The van der Waals surface area contributed by atoms with Crippen molar-refractivity contribution in [3.8, 4) is 0 Å². The summed E-state index contributed by atoms with van der Waals surface area (Å²) in [6.45, 7) is -10.6. The quantitative estimate of drug-likeness (QED) is 0.0271. The van der Waals surface area contributed by atoms with Crippen molar-refractivity contribution in [1.29, 1.82) is 0 Å². The third-order valence-corrected chi connectivity index (χ3v) is 23.8. The smallest absolute Gasteiger partial charge is 0.364 e. The summed E-state index contributed by atoms with van der Waals surface area (Å²) >= 11 is 0. The van der Waals surface area contributed by atoms with Crippen molar-refractivity contribution in [2.24, 2.45) is 0 Å². The molecule has 49 atom stereocenters. The van der Waals surface area contributed by atoms with Crippen LogP contribution in [0.5, 0.6) is 0 Å². The summed E-state index contributed by atoms with van der Waals surface area (Å²) in [4.78, 5) is 92.6. The molecule has 133 heavy (non-hydrogen) atoms. The molecule has 9 fully saturated rings. The lowest BCUT2D eigenvalue weighted by Crippen LogP contribution is -2.73. The van der Waals surface area contributed by atoms with E-state index in [4.69, 9.17) is 80.5 Å². The van der Waals surface area contributed by atoms with Crippen LogP contribution in [0.3, 0.4) is 0 Å². The lowest BCUT2D eigenvalue weighted by molar-refractivity contribution is -0.419. The van der Waals surface area contributed by atoms with E-state index in [1.807, 2.05) is 0 Å². The number of carboxylic acids is 4. The Morgan fingerprint density at radius 2 is 0.729 bits per heavy atom. The number of carbonyl (C=O) groups excluding carboxylic acids is 3. The summed E-state index contributed by atoms with van der Waals surface area (Å²) in [7, 11) is 0. The summed E-state index contributed by atoms with van der Waals surface area (Å²) in [5.74, 6) is -27.5. The number of aliphatic hydroxyl groups excluding tert-OH is 29. The molecule has 0 saturated carbocycles. The number of aliphatic hydroxyl groups is 30. The van der Waals surface area contributed by atoms with Gasteiger partial charge in [0.1, 0.15) is 207 Å². The van der Waals surface area contributed by atoms with Crippen molar-refractivity contribution in [2.75, 3.05) is 59.5 Å². The molecule has 9 rings (SSSR count). The molecular formula is C72H117N3O58. The van der Waals surface area contributed by atoms with E-state index in [1.54, 1.807) is 0 Å². The van der Waals surface area contributed by atoms with Gasteiger partial charge < -0.3 is 270 Å². The average Bonchev–Trinajstić information content (AvgIpc) is 0.744. The third kappa shape index (κ3) is 23.7. The fraction of sp³-hybridized carbons (Fsp3) is 0.903. The molecule has 0 aliphatic carbocycles. The molecule has 9 heterocycles. The van der Waals surface area contributed by atoms with Crippen LogP contribution in [0, 0.1) is 0 Å². The number of carboxylic acid groups (broad SMARTS) is 4. The van der Waals surface area contributed by atoms with Crippen LogP contribution < -0.4 is 16.0 Å². The first kappa shape index (κ1) is 111. The SMILES string of the molecule is CC(=O)N[C@H]1[C@H](O[C@@H]2[C@H](O[C@]3(C(=O)O)C[C@H](O)[C@@H](NC(C)=O)[C@H]([C@H](O)[C@@H](CO)O[C@]4(C(=O)O)C[C@H](O)[C@@H](NC(C)=O)[C@H]([C@H](O)[C@H](O)CO)O4)O3)[C@@H](O)[C@H](O[C@@H]3[C@H](O)[C@@H](O[C@@H]4[C@H](O)[C@@H](O[C@H]5[C@@H]([C@H](O)CO)O[C@@](O)(C(=O)O)C[C@H]5O[C@]5(C(=O)O)C[C@@H](O)[C@@H](O)[C@@H]([C@H](O)CO)O5)O[C@H]([C@@H](O)CO)[C@H]4O[C@@H]4O[C@H](CO)[C@@H](O)[C@H](O)[C@H]4O)O[C@H](C(O)CO)[C@H]3O)O[C@@H]2CO)O[C@H](CO)[C@H](O)[C@@H]1O. The van der Waals surface area contributed by atoms with E-state index in [-0.39, 0.29) is 0 Å². The van der Waals surface area contributed by atoms with Crippen LogP contribution >= 0.6 is 0 Å². The van der Waals surface area contributed by atoms with Crippen LogP contribution in [-0.2, 0) is 114 Å². The molecule has 0 spiro atoms. The van der Waals surface area contributed by atoms with Crippen molar-refractivity contribution in [3.63, 3.8) is 0 Å². The van der Waals surface area contributed by atoms with Gasteiger partial charge in [-0.2, -0.15) is 0 Å². The van der Waals surface area contributed by atoms with Gasteiger partial charge in [0.25, 0.3) is 23.1 Å². The third-order valence-electron chi connectivity index (χ3n) is 23.8. The minimum Gasteiger partial charge on any atom is -0.477 e. The molecule has 9 aliphatic rings. The zero-order valence-corrected chi connectivity index (χ0v) is 70.2. The normalized spacial score (nSPS) is 45.0. The zero-order valence-electron chi connectivity index (χ0n) is 70.2. The van der Waals surface area contributed by atoms with Crippen molar-refractivity contribution in [3.05, 3.63) is 0 Å². The first-order valence-corrected chi connectivity index (χ1v) is 41.2. The summed E-state index contributed by atoms with van der Waals surface area (Å²) in [5, 5.41) is 388. The van der Waals surface area contributed by atoms with Gasteiger partial charge in [-0.15, -0.1) is 0 Å². The van der Waals surface area contributed by atoms with Gasteiger partial charge in [-0.3, -0.25) is 14.4 Å². The number of aliphatic carboxylic acids is 4. The van der Waals surface area contributed by atoms with Crippen LogP contribution in [0.2, 0.25) is 0 Å². The second-order valence-electron chi connectivity index (χ2n) is 33.1. The average molecular weight is 1950 g/mol. The van der Waals surface area contributed by atoms with Crippen molar-refractivity contribution in [2.45, 2.75) is 345 Å². The van der Waals surface area contributed by atoms with Gasteiger partial charge in [-0.1, -0.05) is 0 Å². The van der Waals surface area contributed by atoms with Gasteiger partial charge in [0.2, 0.25) is 17.7 Å². The van der Waals surface area contributed by atoms with E-state index in [2.05, 4.69) is 16.0 Å². The van der Waals surface area contributed by atoms with E-state index in [0.717, 1.165) is 20.8 Å². The van der Waals surface area contributed by atoms with E-state index >= 15 is 0 Å². The molecule has 61 nitrogen and oxygen atoms in total. The van der Waals surface area contributed by atoms with Crippen LogP contribution in [0.15, 0.2) is 0 Å². The fourth-order valence-corrected chi connectivity index (χ4v) is 16.9. The molecule has 0 aromatic carbocycles. The molecule has 0 aromatic rings. The largest absolute Gasteiger partial charge is 0.477 e. The molecular weight excluding hydrogens is 1830 g/mol. The highest BCUT2D eigenvalue weighted by molar-refractivity contribution is 5.79. The molecule has 9 saturated heterocycles. The maximum atomic E-state index is 14.4. The van der Waals surface area contributed by atoms with Gasteiger partial charge in [0.05, 0.1) is 96.0 Å². The Bertz CT molecular complexity index is 3800. The van der Waals surface area contributed by atoms with E-state index < -0.39 is 425 Å². The number of rotatable bonds is 40. The maximum Gasteiger partial charge on any atom is 0.364 e. The Hall–Kier alpha value is -5.59. The Kier molecular flexibility index (Phi) is 38.6. The highest BCUT2D eigenvalue weighted by Gasteiger charge is 2.68. The van der Waals surface area contributed by atoms with Gasteiger partial charge in [-0.05, 0) is 0 Å². The number of amides is 3. The van der Waals surface area contributed by atoms with Crippen LogP contribution in [-0.4, -0.2) is 573 Å². The molecule has 9 aliphatic heterocycles. The maximum absolute atomic E-state index is 14.4. The molecule has 1 unspecified atom stereocenters. The van der Waals surface area contributed by atoms with Crippen LogP contribution in [0.1, 0.15) is 46.5 Å². The lowest BCUT2D eigenvalue weighted by Gasteiger charge is -2.53. The predicted octanol–water partition coefficient (Wildman–Crippen LogP) is -23.4. The Morgan fingerprint density at radius 3 is 1.24 bits per heavy atom. The summed E-state index contributed by atoms with van der Waals surface area (Å²) in [5.41, 5.74) is 0. The molecule has 0 bridgehead atoms. The highest BCUT2D eigenvalue weighted by Crippen LogP contribution is 2.47.